The molecule has 0 bridgehead atoms. The normalized spacial score (nSPS) is 12.1. The number of imidazole rings is 1. The summed E-state index contributed by atoms with van der Waals surface area (Å²) in [7, 11) is 0. The number of ether oxygens (including phenoxy) is 1. The third kappa shape index (κ3) is 4.58. The quantitative estimate of drug-likeness (QED) is 0.449. The van der Waals surface area contributed by atoms with Crippen molar-refractivity contribution in [3.8, 4) is 5.75 Å². The summed E-state index contributed by atoms with van der Waals surface area (Å²) in [6.45, 7) is 2.06. The molecule has 0 saturated carbocycles. The molecule has 4 rings (SSSR count). The highest BCUT2D eigenvalue weighted by Crippen LogP contribution is 2.20. The largest absolute Gasteiger partial charge is 0.491 e. The molecule has 0 radical (unpaired) electrons. The van der Waals surface area contributed by atoms with E-state index in [-0.39, 0.29) is 12.4 Å². The van der Waals surface area contributed by atoms with Gasteiger partial charge in [0.1, 0.15) is 24.3 Å². The second-order valence-corrected chi connectivity index (χ2v) is 7.34. The van der Waals surface area contributed by atoms with Crippen molar-refractivity contribution in [2.24, 2.45) is 0 Å². The molecular formula is C25H24N2O3. The van der Waals surface area contributed by atoms with Gasteiger partial charge in [0.25, 0.3) is 0 Å². The summed E-state index contributed by atoms with van der Waals surface area (Å²) in [6, 6.07) is 25.1. The Morgan fingerprint density at radius 1 is 1.00 bits per heavy atom. The summed E-state index contributed by atoms with van der Waals surface area (Å²) in [5.41, 5.74) is 3.72. The van der Waals surface area contributed by atoms with E-state index >= 15 is 0 Å². The zero-order chi connectivity index (χ0) is 20.9. The number of hydrogen-bond acceptors (Lipinski definition) is 4. The number of aliphatic hydroxyl groups is 1. The van der Waals surface area contributed by atoms with Gasteiger partial charge in [0.05, 0.1) is 17.6 Å². The minimum absolute atomic E-state index is 0.0134. The lowest BCUT2D eigenvalue weighted by Crippen LogP contribution is -2.24. The Balaban J connectivity index is 1.49. The topological polar surface area (TPSA) is 64.3 Å². The van der Waals surface area contributed by atoms with Gasteiger partial charge in [-0.15, -0.1) is 0 Å². The minimum Gasteiger partial charge on any atom is -0.491 e. The molecule has 1 aromatic heterocycles. The fourth-order valence-corrected chi connectivity index (χ4v) is 3.48. The van der Waals surface area contributed by atoms with Crippen molar-refractivity contribution in [1.29, 1.82) is 0 Å². The number of aliphatic hydroxyl groups excluding tert-OH is 1. The van der Waals surface area contributed by atoms with E-state index in [2.05, 4.69) is 16.7 Å². The minimum atomic E-state index is -0.704. The number of carbonyl (C=O) groups excluding carboxylic acids is 1. The molecule has 4 aromatic rings. The number of nitrogens with zero attached hydrogens (tertiary/aromatic N) is 2. The van der Waals surface area contributed by atoms with Crippen molar-refractivity contribution in [2.75, 3.05) is 6.61 Å². The van der Waals surface area contributed by atoms with Crippen LogP contribution < -0.4 is 4.74 Å². The lowest BCUT2D eigenvalue weighted by atomic mass is 10.1. The molecule has 30 heavy (non-hydrogen) atoms. The molecule has 0 saturated heterocycles. The Kier molecular flexibility index (Phi) is 5.91. The fourth-order valence-electron chi connectivity index (χ4n) is 3.48. The standard InChI is InChI=1S/C25H24N2O3/c1-18(28)20-11-13-22(14-12-20)30-17-21(29)16-27-24-10-6-5-9-23(24)26-25(27)15-19-7-3-2-4-8-19/h2-14,21,29H,15-17H2,1H3. The maximum absolute atomic E-state index is 11.4. The van der Waals surface area contributed by atoms with Gasteiger partial charge in [-0.3, -0.25) is 4.79 Å². The molecule has 3 aromatic carbocycles. The predicted molar refractivity (Wildman–Crippen MR) is 117 cm³/mol. The number of hydrogen-bond donors (Lipinski definition) is 1. The number of para-hydroxylation sites is 2. The smallest absolute Gasteiger partial charge is 0.159 e. The summed E-state index contributed by atoms with van der Waals surface area (Å²) >= 11 is 0. The first kappa shape index (κ1) is 19.9. The number of rotatable bonds is 8. The van der Waals surface area contributed by atoms with Gasteiger partial charge in [-0.05, 0) is 48.9 Å². The van der Waals surface area contributed by atoms with Gasteiger partial charge < -0.3 is 14.4 Å². The van der Waals surface area contributed by atoms with E-state index in [1.807, 2.05) is 42.5 Å². The lowest BCUT2D eigenvalue weighted by Gasteiger charge is -2.16. The predicted octanol–water partition coefficient (Wildman–Crippen LogP) is 4.27. The molecule has 1 atom stereocenters. The van der Waals surface area contributed by atoms with Crippen molar-refractivity contribution >= 4 is 16.8 Å². The van der Waals surface area contributed by atoms with Crippen LogP contribution in [0.4, 0.5) is 0 Å². The molecule has 0 aliphatic rings. The number of ketones is 1. The molecule has 0 amide bonds. The van der Waals surface area contributed by atoms with Gasteiger partial charge in [0, 0.05) is 12.0 Å². The Morgan fingerprint density at radius 3 is 2.43 bits per heavy atom. The monoisotopic (exact) mass is 400 g/mol. The van der Waals surface area contributed by atoms with Crippen LogP contribution in [0.25, 0.3) is 11.0 Å². The van der Waals surface area contributed by atoms with Crippen molar-refractivity contribution in [1.82, 2.24) is 9.55 Å². The van der Waals surface area contributed by atoms with Crippen LogP contribution in [0.5, 0.6) is 5.75 Å². The van der Waals surface area contributed by atoms with Crippen LogP contribution >= 0.6 is 0 Å². The molecule has 0 spiro atoms. The van der Waals surface area contributed by atoms with E-state index in [0.717, 1.165) is 16.9 Å². The fraction of sp³-hybridized carbons (Fsp3) is 0.200. The van der Waals surface area contributed by atoms with Crippen LogP contribution in [0, 0.1) is 0 Å². The van der Waals surface area contributed by atoms with E-state index in [0.29, 0.717) is 24.3 Å². The summed E-state index contributed by atoms with van der Waals surface area (Å²) in [5.74, 6) is 1.55. The number of benzene rings is 3. The highest BCUT2D eigenvalue weighted by molar-refractivity contribution is 5.94. The van der Waals surface area contributed by atoms with Crippen molar-refractivity contribution in [3.63, 3.8) is 0 Å². The molecule has 1 N–H and O–H groups in total. The van der Waals surface area contributed by atoms with E-state index in [4.69, 9.17) is 9.72 Å². The first-order valence-electron chi connectivity index (χ1n) is 10.00. The Morgan fingerprint density at radius 2 is 1.70 bits per heavy atom. The first-order valence-corrected chi connectivity index (χ1v) is 10.00. The highest BCUT2D eigenvalue weighted by Gasteiger charge is 2.15. The molecule has 1 unspecified atom stereocenters. The van der Waals surface area contributed by atoms with Gasteiger partial charge in [0.15, 0.2) is 5.78 Å². The molecule has 0 aliphatic heterocycles. The Bertz CT molecular complexity index is 1130. The second-order valence-electron chi connectivity index (χ2n) is 7.34. The average molecular weight is 400 g/mol. The van der Waals surface area contributed by atoms with Crippen molar-refractivity contribution in [3.05, 3.63) is 95.8 Å². The molecule has 1 heterocycles. The molecule has 0 fully saturated rings. The van der Waals surface area contributed by atoms with Gasteiger partial charge >= 0.3 is 0 Å². The van der Waals surface area contributed by atoms with Gasteiger partial charge in [0.2, 0.25) is 0 Å². The number of Topliss-reactive ketones (excluding diaryl/α,β-unsaturated/α-hetero) is 1. The van der Waals surface area contributed by atoms with Gasteiger partial charge in [-0.25, -0.2) is 4.98 Å². The van der Waals surface area contributed by atoms with Gasteiger partial charge in [-0.2, -0.15) is 0 Å². The number of aromatic nitrogens is 2. The van der Waals surface area contributed by atoms with Crippen molar-refractivity contribution < 1.29 is 14.6 Å². The zero-order valence-electron chi connectivity index (χ0n) is 16.9. The van der Waals surface area contributed by atoms with Crippen LogP contribution in [0.15, 0.2) is 78.9 Å². The first-order chi connectivity index (χ1) is 14.6. The summed E-state index contributed by atoms with van der Waals surface area (Å²) in [4.78, 5) is 16.2. The van der Waals surface area contributed by atoms with E-state index < -0.39 is 6.10 Å². The van der Waals surface area contributed by atoms with Crippen LogP contribution in [0.1, 0.15) is 28.7 Å². The maximum atomic E-state index is 11.4. The molecule has 5 heteroatoms. The highest BCUT2D eigenvalue weighted by atomic mass is 16.5. The second kappa shape index (κ2) is 8.93. The Hall–Kier alpha value is -3.44. The third-order valence-electron chi connectivity index (χ3n) is 5.04. The Labute approximate surface area is 175 Å². The third-order valence-corrected chi connectivity index (χ3v) is 5.04. The molecular weight excluding hydrogens is 376 g/mol. The van der Waals surface area contributed by atoms with E-state index in [9.17, 15) is 9.90 Å². The van der Waals surface area contributed by atoms with Crippen LogP contribution in [0.2, 0.25) is 0 Å². The average Bonchev–Trinajstić information content (AvgIpc) is 3.10. The SMILES string of the molecule is CC(=O)c1ccc(OCC(O)Cn2c(Cc3ccccc3)nc3ccccc32)cc1. The molecule has 0 aliphatic carbocycles. The van der Waals surface area contributed by atoms with Crippen LogP contribution in [-0.4, -0.2) is 33.2 Å². The van der Waals surface area contributed by atoms with Gasteiger partial charge in [-0.1, -0.05) is 42.5 Å². The van der Waals surface area contributed by atoms with Crippen molar-refractivity contribution in [2.45, 2.75) is 26.0 Å². The maximum Gasteiger partial charge on any atom is 0.159 e. The summed E-state index contributed by atoms with van der Waals surface area (Å²) < 4.78 is 7.79. The molecule has 152 valence electrons. The molecule has 5 nitrogen and oxygen atoms in total. The van der Waals surface area contributed by atoms with Crippen LogP contribution in [-0.2, 0) is 13.0 Å². The number of fused-ring (bicyclic) bond motifs is 1. The zero-order valence-corrected chi connectivity index (χ0v) is 16.9. The van der Waals surface area contributed by atoms with E-state index in [1.165, 1.54) is 12.5 Å². The lowest BCUT2D eigenvalue weighted by molar-refractivity contribution is 0.0927. The summed E-state index contributed by atoms with van der Waals surface area (Å²) in [6.07, 6.45) is -0.0140. The van der Waals surface area contributed by atoms with E-state index in [1.54, 1.807) is 24.3 Å². The number of carbonyl (C=O) groups is 1. The van der Waals surface area contributed by atoms with Crippen LogP contribution in [0.3, 0.4) is 0 Å². The summed E-state index contributed by atoms with van der Waals surface area (Å²) in [5, 5.41) is 10.6.